The number of nitrogens with zero attached hydrogens (tertiary/aromatic N) is 2. The van der Waals surface area contributed by atoms with Gasteiger partial charge in [-0.15, -0.1) is 0 Å². The molecule has 1 aromatic heterocycles. The van der Waals surface area contributed by atoms with Crippen LogP contribution < -0.4 is 4.90 Å². The molecule has 0 amide bonds. The van der Waals surface area contributed by atoms with Gasteiger partial charge in [0.2, 0.25) is 0 Å². The van der Waals surface area contributed by atoms with E-state index in [1.54, 1.807) is 0 Å². The quantitative estimate of drug-likeness (QED) is 0.867. The lowest BCUT2D eigenvalue weighted by Gasteiger charge is -2.33. The minimum Gasteiger partial charge on any atom is -0.481 e. The van der Waals surface area contributed by atoms with Crippen molar-refractivity contribution < 1.29 is 9.90 Å². The van der Waals surface area contributed by atoms with Gasteiger partial charge in [-0.05, 0) is 37.3 Å². The van der Waals surface area contributed by atoms with Crippen LogP contribution in [0.2, 0.25) is 0 Å². The third-order valence-electron chi connectivity index (χ3n) is 3.41. The SMILES string of the molecule is O=C(O)CCC1CCN(c2ccncc2)CC1. The molecule has 0 aliphatic carbocycles. The van der Waals surface area contributed by atoms with Crippen LogP contribution in [-0.4, -0.2) is 29.1 Å². The fourth-order valence-electron chi connectivity index (χ4n) is 2.36. The van der Waals surface area contributed by atoms with Crippen LogP contribution in [0.15, 0.2) is 24.5 Å². The molecule has 1 aliphatic heterocycles. The number of anilines is 1. The number of rotatable bonds is 4. The molecule has 0 radical (unpaired) electrons. The molecule has 0 bridgehead atoms. The number of carboxylic acid groups (broad SMARTS) is 1. The Hall–Kier alpha value is -1.58. The second-order valence-electron chi connectivity index (χ2n) is 4.57. The first-order chi connectivity index (χ1) is 8.25. The van der Waals surface area contributed by atoms with Crippen LogP contribution in [0, 0.1) is 5.92 Å². The second kappa shape index (κ2) is 5.66. The van der Waals surface area contributed by atoms with Crippen molar-refractivity contribution in [2.75, 3.05) is 18.0 Å². The Morgan fingerprint density at radius 2 is 2.00 bits per heavy atom. The summed E-state index contributed by atoms with van der Waals surface area (Å²) < 4.78 is 0. The minimum atomic E-state index is -0.679. The van der Waals surface area contributed by atoms with Crippen LogP contribution in [0.25, 0.3) is 0 Å². The van der Waals surface area contributed by atoms with Gasteiger partial charge >= 0.3 is 5.97 Å². The highest BCUT2D eigenvalue weighted by Crippen LogP contribution is 2.25. The van der Waals surface area contributed by atoms with E-state index in [2.05, 4.69) is 9.88 Å². The summed E-state index contributed by atoms with van der Waals surface area (Å²) in [5.74, 6) is -0.106. The summed E-state index contributed by atoms with van der Waals surface area (Å²) in [6, 6.07) is 4.05. The van der Waals surface area contributed by atoms with E-state index in [0.29, 0.717) is 12.3 Å². The molecule has 17 heavy (non-hydrogen) atoms. The molecular weight excluding hydrogens is 216 g/mol. The summed E-state index contributed by atoms with van der Waals surface area (Å²) in [5, 5.41) is 8.66. The van der Waals surface area contributed by atoms with E-state index in [1.165, 1.54) is 5.69 Å². The predicted molar refractivity (Wildman–Crippen MR) is 66.0 cm³/mol. The lowest BCUT2D eigenvalue weighted by Crippen LogP contribution is -2.33. The Morgan fingerprint density at radius 3 is 2.59 bits per heavy atom. The van der Waals surface area contributed by atoms with E-state index in [4.69, 9.17) is 5.11 Å². The van der Waals surface area contributed by atoms with Crippen molar-refractivity contribution in [3.63, 3.8) is 0 Å². The highest BCUT2D eigenvalue weighted by Gasteiger charge is 2.19. The molecule has 1 saturated heterocycles. The normalized spacial score (nSPS) is 17.1. The molecule has 0 spiro atoms. The number of aliphatic carboxylic acids is 1. The Kier molecular flexibility index (Phi) is 3.96. The van der Waals surface area contributed by atoms with Gasteiger partial charge in [-0.2, -0.15) is 0 Å². The molecule has 4 heteroatoms. The number of pyridine rings is 1. The highest BCUT2D eigenvalue weighted by atomic mass is 16.4. The first-order valence-corrected chi connectivity index (χ1v) is 6.12. The van der Waals surface area contributed by atoms with E-state index >= 15 is 0 Å². The monoisotopic (exact) mass is 234 g/mol. The smallest absolute Gasteiger partial charge is 0.303 e. The van der Waals surface area contributed by atoms with Crippen molar-refractivity contribution in [2.24, 2.45) is 5.92 Å². The van der Waals surface area contributed by atoms with Crippen molar-refractivity contribution in [1.82, 2.24) is 4.98 Å². The van der Waals surface area contributed by atoms with Gasteiger partial charge in [0.15, 0.2) is 0 Å². The number of carbonyl (C=O) groups is 1. The van der Waals surface area contributed by atoms with Gasteiger partial charge in [0.05, 0.1) is 0 Å². The molecule has 0 atom stereocenters. The Morgan fingerprint density at radius 1 is 1.35 bits per heavy atom. The van der Waals surface area contributed by atoms with Crippen LogP contribution in [0.3, 0.4) is 0 Å². The van der Waals surface area contributed by atoms with E-state index in [9.17, 15) is 4.79 Å². The van der Waals surface area contributed by atoms with Crippen molar-refractivity contribution in [3.8, 4) is 0 Å². The number of hydrogen-bond acceptors (Lipinski definition) is 3. The highest BCUT2D eigenvalue weighted by molar-refractivity contribution is 5.66. The van der Waals surface area contributed by atoms with Crippen molar-refractivity contribution >= 4 is 11.7 Å². The van der Waals surface area contributed by atoms with Crippen molar-refractivity contribution in [2.45, 2.75) is 25.7 Å². The summed E-state index contributed by atoms with van der Waals surface area (Å²) in [6.07, 6.45) is 6.93. The molecule has 0 saturated carbocycles. The summed E-state index contributed by atoms with van der Waals surface area (Å²) in [5.41, 5.74) is 1.22. The average molecular weight is 234 g/mol. The zero-order valence-electron chi connectivity index (χ0n) is 9.88. The molecule has 4 nitrogen and oxygen atoms in total. The molecule has 1 aromatic rings. The first-order valence-electron chi connectivity index (χ1n) is 6.12. The summed E-state index contributed by atoms with van der Waals surface area (Å²) in [6.45, 7) is 2.04. The minimum absolute atomic E-state index is 0.305. The van der Waals surface area contributed by atoms with Gasteiger partial charge in [0.1, 0.15) is 0 Å². The zero-order chi connectivity index (χ0) is 12.1. The molecule has 0 unspecified atom stereocenters. The van der Waals surface area contributed by atoms with Gasteiger partial charge in [-0.25, -0.2) is 0 Å². The maximum Gasteiger partial charge on any atom is 0.303 e. The van der Waals surface area contributed by atoms with Gasteiger partial charge in [-0.3, -0.25) is 9.78 Å². The van der Waals surface area contributed by atoms with E-state index in [1.807, 2.05) is 24.5 Å². The predicted octanol–water partition coefficient (Wildman–Crippen LogP) is 2.16. The Bertz CT molecular complexity index is 359. The summed E-state index contributed by atoms with van der Waals surface area (Å²) >= 11 is 0. The van der Waals surface area contributed by atoms with E-state index in [0.717, 1.165) is 32.4 Å². The summed E-state index contributed by atoms with van der Waals surface area (Å²) in [7, 11) is 0. The first kappa shape index (κ1) is 11.9. The van der Waals surface area contributed by atoms with Crippen molar-refractivity contribution in [1.29, 1.82) is 0 Å². The second-order valence-corrected chi connectivity index (χ2v) is 4.57. The topological polar surface area (TPSA) is 53.4 Å². The Balaban J connectivity index is 1.80. The van der Waals surface area contributed by atoms with Gasteiger partial charge < -0.3 is 10.0 Å². The molecule has 1 N–H and O–H groups in total. The van der Waals surface area contributed by atoms with Gasteiger partial charge in [-0.1, -0.05) is 0 Å². The molecule has 2 rings (SSSR count). The van der Waals surface area contributed by atoms with Gasteiger partial charge in [0, 0.05) is 37.6 Å². The largest absolute Gasteiger partial charge is 0.481 e. The van der Waals surface area contributed by atoms with Crippen LogP contribution >= 0.6 is 0 Å². The van der Waals surface area contributed by atoms with Crippen LogP contribution in [-0.2, 0) is 4.79 Å². The fraction of sp³-hybridized carbons (Fsp3) is 0.538. The molecule has 92 valence electrons. The Labute approximate surface area is 101 Å². The molecule has 1 aliphatic rings. The van der Waals surface area contributed by atoms with E-state index in [-0.39, 0.29) is 0 Å². The molecular formula is C13H18N2O2. The number of piperidine rings is 1. The van der Waals surface area contributed by atoms with Crippen LogP contribution in [0.5, 0.6) is 0 Å². The fourth-order valence-corrected chi connectivity index (χ4v) is 2.36. The maximum absolute atomic E-state index is 10.5. The number of aromatic nitrogens is 1. The number of hydrogen-bond donors (Lipinski definition) is 1. The summed E-state index contributed by atoms with van der Waals surface area (Å²) in [4.78, 5) is 16.9. The van der Waals surface area contributed by atoms with Crippen LogP contribution in [0.4, 0.5) is 5.69 Å². The maximum atomic E-state index is 10.5. The third-order valence-corrected chi connectivity index (χ3v) is 3.41. The number of carboxylic acids is 1. The van der Waals surface area contributed by atoms with Crippen molar-refractivity contribution in [3.05, 3.63) is 24.5 Å². The van der Waals surface area contributed by atoms with Gasteiger partial charge in [0.25, 0.3) is 0 Å². The average Bonchev–Trinajstić information content (AvgIpc) is 2.38. The molecule has 2 heterocycles. The standard InChI is InChI=1S/C13H18N2O2/c16-13(17)2-1-11-5-9-15(10-6-11)12-3-7-14-8-4-12/h3-4,7-8,11H,1-2,5-6,9-10H2,(H,16,17). The lowest BCUT2D eigenvalue weighted by atomic mass is 9.92. The molecule has 1 fully saturated rings. The van der Waals surface area contributed by atoms with Crippen LogP contribution in [0.1, 0.15) is 25.7 Å². The van der Waals surface area contributed by atoms with E-state index < -0.39 is 5.97 Å². The molecule has 0 aromatic carbocycles. The zero-order valence-corrected chi connectivity index (χ0v) is 9.88. The lowest BCUT2D eigenvalue weighted by molar-refractivity contribution is -0.137. The third kappa shape index (κ3) is 3.44.